The Bertz CT molecular complexity index is 879. The van der Waals surface area contributed by atoms with Crippen molar-refractivity contribution >= 4 is 29.9 Å². The highest BCUT2D eigenvalue weighted by Gasteiger charge is 2.20. The van der Waals surface area contributed by atoms with Crippen LogP contribution in [0, 0.1) is 11.6 Å². The number of hydrogen-bond donors (Lipinski definition) is 2. The van der Waals surface area contributed by atoms with Gasteiger partial charge in [-0.05, 0) is 50.3 Å². The Morgan fingerprint density at radius 1 is 1.15 bits per heavy atom. The molecule has 1 aromatic heterocycles. The zero-order chi connectivity index (χ0) is 22.9. The minimum absolute atomic E-state index is 0. The topological polar surface area (TPSA) is 65.7 Å². The van der Waals surface area contributed by atoms with E-state index in [-0.39, 0.29) is 24.0 Å². The normalized spacial score (nSPS) is 15.5. The van der Waals surface area contributed by atoms with E-state index in [4.69, 9.17) is 4.52 Å². The van der Waals surface area contributed by atoms with Crippen LogP contribution in [0.1, 0.15) is 69.4 Å². The summed E-state index contributed by atoms with van der Waals surface area (Å²) in [6.07, 6.45) is 4.00. The Balaban J connectivity index is 0.00000385. The van der Waals surface area contributed by atoms with E-state index in [1.165, 1.54) is 12.1 Å². The van der Waals surface area contributed by atoms with E-state index >= 15 is 0 Å². The number of nitrogens with zero attached hydrogens (tertiary/aromatic N) is 3. The van der Waals surface area contributed by atoms with E-state index < -0.39 is 11.6 Å². The fourth-order valence-electron chi connectivity index (χ4n) is 4.10. The molecule has 0 saturated carbocycles. The first kappa shape index (κ1) is 27.5. The number of aliphatic imine (C=N–C) groups is 1. The van der Waals surface area contributed by atoms with Crippen molar-refractivity contribution in [2.75, 3.05) is 19.6 Å². The van der Waals surface area contributed by atoms with Gasteiger partial charge >= 0.3 is 0 Å². The minimum atomic E-state index is -0.802. The molecule has 6 nitrogen and oxygen atoms in total. The summed E-state index contributed by atoms with van der Waals surface area (Å²) in [5, 5.41) is 11.0. The highest BCUT2D eigenvalue weighted by Crippen LogP contribution is 2.22. The van der Waals surface area contributed by atoms with Gasteiger partial charge in [0.15, 0.2) is 23.4 Å². The molecule has 0 aliphatic carbocycles. The van der Waals surface area contributed by atoms with Gasteiger partial charge in [-0.1, -0.05) is 25.1 Å². The van der Waals surface area contributed by atoms with E-state index in [9.17, 15) is 8.78 Å². The number of halogens is 3. The molecule has 33 heavy (non-hydrogen) atoms. The molecular weight excluding hydrogens is 539 g/mol. The average molecular weight is 575 g/mol. The Morgan fingerprint density at radius 3 is 2.52 bits per heavy atom. The first-order chi connectivity index (χ1) is 15.5. The van der Waals surface area contributed by atoms with E-state index in [1.54, 1.807) is 6.07 Å². The third-order valence-electron chi connectivity index (χ3n) is 6.04. The van der Waals surface area contributed by atoms with Crippen molar-refractivity contribution in [3.05, 3.63) is 52.9 Å². The lowest BCUT2D eigenvalue weighted by molar-refractivity contribution is 0.198. The van der Waals surface area contributed by atoms with Crippen molar-refractivity contribution < 1.29 is 13.3 Å². The van der Waals surface area contributed by atoms with Gasteiger partial charge in [-0.2, -0.15) is 0 Å². The second kappa shape index (κ2) is 13.8. The van der Waals surface area contributed by atoms with Crippen molar-refractivity contribution in [1.82, 2.24) is 20.7 Å². The van der Waals surface area contributed by atoms with Crippen LogP contribution in [0.4, 0.5) is 8.78 Å². The minimum Gasteiger partial charge on any atom is -0.359 e. The second-order valence-corrected chi connectivity index (χ2v) is 8.37. The Hall–Kier alpha value is -1.75. The molecule has 2 heterocycles. The Labute approximate surface area is 212 Å². The third-order valence-corrected chi connectivity index (χ3v) is 6.04. The van der Waals surface area contributed by atoms with Gasteiger partial charge < -0.3 is 15.2 Å². The van der Waals surface area contributed by atoms with Crippen LogP contribution >= 0.6 is 24.0 Å². The first-order valence-corrected chi connectivity index (χ1v) is 11.7. The maximum absolute atomic E-state index is 13.4. The highest BCUT2D eigenvalue weighted by molar-refractivity contribution is 14.0. The van der Waals surface area contributed by atoms with E-state index in [2.05, 4.69) is 39.5 Å². The van der Waals surface area contributed by atoms with Crippen molar-refractivity contribution in [2.45, 2.75) is 71.5 Å². The van der Waals surface area contributed by atoms with Gasteiger partial charge in [0.25, 0.3) is 0 Å². The molecule has 1 fully saturated rings. The SMILES string of the molecule is CCNC(=NCc1cc(C(CC)CC)no1)NC1CCN(Cc2ccc(F)c(F)c2)CC1.I. The molecule has 0 spiro atoms. The molecule has 0 atom stereocenters. The van der Waals surface area contributed by atoms with Gasteiger partial charge in [0, 0.05) is 44.2 Å². The number of hydrogen-bond acceptors (Lipinski definition) is 4. The monoisotopic (exact) mass is 575 g/mol. The molecule has 2 aromatic rings. The van der Waals surface area contributed by atoms with Gasteiger partial charge in [0.2, 0.25) is 0 Å². The van der Waals surface area contributed by atoms with Gasteiger partial charge in [0.1, 0.15) is 6.54 Å². The zero-order valence-electron chi connectivity index (χ0n) is 19.7. The van der Waals surface area contributed by atoms with E-state index in [0.29, 0.717) is 25.0 Å². The van der Waals surface area contributed by atoms with Crippen molar-refractivity contribution in [1.29, 1.82) is 0 Å². The van der Waals surface area contributed by atoms with Gasteiger partial charge in [-0.3, -0.25) is 4.90 Å². The van der Waals surface area contributed by atoms with Crippen LogP contribution in [0.3, 0.4) is 0 Å². The van der Waals surface area contributed by atoms with E-state index in [0.717, 1.165) is 68.3 Å². The maximum atomic E-state index is 13.4. The summed E-state index contributed by atoms with van der Waals surface area (Å²) in [6, 6.07) is 6.45. The number of piperidine rings is 1. The third kappa shape index (κ3) is 8.20. The lowest BCUT2D eigenvalue weighted by Crippen LogP contribution is -2.48. The summed E-state index contributed by atoms with van der Waals surface area (Å²) in [6.45, 7) is 9.99. The van der Waals surface area contributed by atoms with Crippen molar-refractivity contribution in [3.63, 3.8) is 0 Å². The fourth-order valence-corrected chi connectivity index (χ4v) is 4.10. The molecular formula is C24H36F2IN5O. The molecule has 1 aliphatic heterocycles. The summed E-state index contributed by atoms with van der Waals surface area (Å²) in [4.78, 5) is 6.94. The molecule has 9 heteroatoms. The lowest BCUT2D eigenvalue weighted by Gasteiger charge is -2.33. The largest absolute Gasteiger partial charge is 0.359 e. The highest BCUT2D eigenvalue weighted by atomic mass is 127. The molecule has 2 N–H and O–H groups in total. The summed E-state index contributed by atoms with van der Waals surface area (Å²) < 4.78 is 32.1. The van der Waals surface area contributed by atoms with Crippen LogP contribution in [0.25, 0.3) is 0 Å². The van der Waals surface area contributed by atoms with Gasteiger partial charge in [0.05, 0.1) is 5.69 Å². The standard InChI is InChI=1S/C24H35F2N5O.HI/c1-4-18(5-2)23-14-20(32-30-23)15-28-24(27-6-3)29-19-9-11-31(12-10-19)16-17-7-8-21(25)22(26)13-17;/h7-8,13-14,18-19H,4-6,9-12,15-16H2,1-3H3,(H2,27,28,29);1H. The first-order valence-electron chi connectivity index (χ1n) is 11.7. The zero-order valence-corrected chi connectivity index (χ0v) is 22.1. The predicted molar refractivity (Wildman–Crippen MR) is 138 cm³/mol. The number of guanidine groups is 1. The van der Waals surface area contributed by atoms with Crippen LogP contribution in [-0.2, 0) is 13.1 Å². The molecule has 1 saturated heterocycles. The summed E-state index contributed by atoms with van der Waals surface area (Å²) in [7, 11) is 0. The number of benzene rings is 1. The molecule has 0 radical (unpaired) electrons. The summed E-state index contributed by atoms with van der Waals surface area (Å²) in [5.74, 6) is 0.380. The molecule has 1 aliphatic rings. The molecule has 1 aromatic carbocycles. The van der Waals surface area contributed by atoms with Gasteiger partial charge in [-0.15, -0.1) is 24.0 Å². The maximum Gasteiger partial charge on any atom is 0.191 e. The van der Waals surface area contributed by atoms with Crippen LogP contribution in [0.2, 0.25) is 0 Å². The Morgan fingerprint density at radius 2 is 1.88 bits per heavy atom. The van der Waals surface area contributed by atoms with Crippen molar-refractivity contribution in [2.24, 2.45) is 4.99 Å². The smallest absolute Gasteiger partial charge is 0.191 e. The van der Waals surface area contributed by atoms with E-state index in [1.807, 2.05) is 13.0 Å². The average Bonchev–Trinajstić information content (AvgIpc) is 3.26. The van der Waals surface area contributed by atoms with Gasteiger partial charge in [-0.25, -0.2) is 13.8 Å². The second-order valence-electron chi connectivity index (χ2n) is 8.37. The van der Waals surface area contributed by atoms with Crippen LogP contribution in [0.15, 0.2) is 33.8 Å². The fraction of sp³-hybridized carbons (Fsp3) is 0.583. The predicted octanol–water partition coefficient (Wildman–Crippen LogP) is 5.19. The number of nitrogens with one attached hydrogen (secondary N) is 2. The summed E-state index contributed by atoms with van der Waals surface area (Å²) in [5.41, 5.74) is 1.80. The number of aromatic nitrogens is 1. The molecule has 0 unspecified atom stereocenters. The quantitative estimate of drug-likeness (QED) is 0.245. The van der Waals surface area contributed by atoms with Crippen LogP contribution in [-0.4, -0.2) is 41.7 Å². The van der Waals surface area contributed by atoms with Crippen LogP contribution in [0.5, 0.6) is 0 Å². The lowest BCUT2D eigenvalue weighted by atomic mass is 9.99. The molecule has 0 amide bonds. The molecule has 0 bridgehead atoms. The summed E-state index contributed by atoms with van der Waals surface area (Å²) >= 11 is 0. The van der Waals surface area contributed by atoms with Crippen molar-refractivity contribution in [3.8, 4) is 0 Å². The van der Waals surface area contributed by atoms with Crippen LogP contribution < -0.4 is 10.6 Å². The molecule has 184 valence electrons. The molecule has 3 rings (SSSR count). The number of likely N-dealkylation sites (tertiary alicyclic amines) is 1. The number of rotatable bonds is 9. The Kier molecular flexibility index (Phi) is 11.5.